The number of rotatable bonds is 4. The van der Waals surface area contributed by atoms with Gasteiger partial charge in [-0.1, -0.05) is 24.8 Å². The molecular weight excluding hydrogens is 387 g/mol. The van der Waals surface area contributed by atoms with Gasteiger partial charge in [-0.25, -0.2) is 0 Å². The summed E-state index contributed by atoms with van der Waals surface area (Å²) in [7, 11) is 0. The molecule has 29 heavy (non-hydrogen) atoms. The highest BCUT2D eigenvalue weighted by atomic mass is 19.4. The van der Waals surface area contributed by atoms with Crippen molar-refractivity contribution < 1.29 is 27.6 Å². The molecule has 6 nitrogen and oxygen atoms in total. The molecule has 0 aliphatic carbocycles. The van der Waals surface area contributed by atoms with E-state index in [1.54, 1.807) is 23.1 Å². The van der Waals surface area contributed by atoms with Gasteiger partial charge in [-0.3, -0.25) is 14.4 Å². The van der Waals surface area contributed by atoms with Crippen LogP contribution in [0.4, 0.5) is 18.9 Å². The third kappa shape index (κ3) is 4.44. The maximum atomic E-state index is 13.2. The van der Waals surface area contributed by atoms with Crippen molar-refractivity contribution in [3.63, 3.8) is 0 Å². The summed E-state index contributed by atoms with van der Waals surface area (Å²) in [6.07, 6.45) is -2.42. The molecule has 0 aromatic heterocycles. The third-order valence-corrected chi connectivity index (χ3v) is 5.40. The Kier molecular flexibility index (Phi) is 5.95. The number of hydrogen-bond acceptors (Lipinski definition) is 3. The first-order chi connectivity index (χ1) is 13.7. The monoisotopic (exact) mass is 409 g/mol. The van der Waals surface area contributed by atoms with Gasteiger partial charge in [0.25, 0.3) is 0 Å². The Balaban J connectivity index is 1.73. The molecule has 0 saturated carbocycles. The maximum Gasteiger partial charge on any atom is 0.471 e. The van der Waals surface area contributed by atoms with E-state index in [0.717, 1.165) is 5.56 Å². The van der Waals surface area contributed by atoms with Crippen LogP contribution >= 0.6 is 0 Å². The van der Waals surface area contributed by atoms with E-state index in [-0.39, 0.29) is 24.3 Å². The fourth-order valence-corrected chi connectivity index (χ4v) is 3.91. The molecule has 1 N–H and O–H groups in total. The molecule has 9 heteroatoms. The van der Waals surface area contributed by atoms with Crippen LogP contribution in [0.2, 0.25) is 0 Å². The summed E-state index contributed by atoms with van der Waals surface area (Å²) in [5, 5.41) is 1.89. The van der Waals surface area contributed by atoms with Crippen molar-refractivity contribution in [1.29, 1.82) is 0 Å². The Bertz CT molecular complexity index is 817. The summed E-state index contributed by atoms with van der Waals surface area (Å²) in [5.74, 6) is -2.73. The number of carbonyl (C=O) groups excluding carboxylic acids is 3. The number of likely N-dealkylation sites (tertiary alicyclic amines) is 1. The highest BCUT2D eigenvalue weighted by molar-refractivity contribution is 5.98. The van der Waals surface area contributed by atoms with Gasteiger partial charge in [0.2, 0.25) is 11.8 Å². The quantitative estimate of drug-likeness (QED) is 0.774. The molecule has 1 aromatic carbocycles. The zero-order valence-electron chi connectivity index (χ0n) is 15.7. The van der Waals surface area contributed by atoms with Crippen LogP contribution in [-0.2, 0) is 20.8 Å². The first kappa shape index (κ1) is 20.9. The molecule has 2 heterocycles. The number of amides is 3. The van der Waals surface area contributed by atoms with Crippen LogP contribution in [0.1, 0.15) is 18.4 Å². The van der Waals surface area contributed by atoms with Gasteiger partial charge in [0.15, 0.2) is 0 Å². The van der Waals surface area contributed by atoms with Crippen LogP contribution in [0.3, 0.4) is 0 Å². The SMILES string of the molecule is C=CC(=O)N1CCC(C(=O)N2c3ccccc3CC2CNC(=O)C(F)(F)F)CC1. The third-order valence-electron chi connectivity index (χ3n) is 5.40. The summed E-state index contributed by atoms with van der Waals surface area (Å²) in [6.45, 7) is 4.02. The molecule has 1 unspecified atom stereocenters. The van der Waals surface area contributed by atoms with Crippen molar-refractivity contribution in [2.75, 3.05) is 24.5 Å². The van der Waals surface area contributed by atoms with Crippen LogP contribution in [0, 0.1) is 5.92 Å². The molecule has 1 saturated heterocycles. The number of benzene rings is 1. The molecule has 0 radical (unpaired) electrons. The van der Waals surface area contributed by atoms with Crippen LogP contribution < -0.4 is 10.2 Å². The standard InChI is InChI=1S/C20H22F3N3O3/c1-2-17(27)25-9-7-13(8-10-25)18(28)26-15(12-24-19(29)20(21,22)23)11-14-5-3-4-6-16(14)26/h2-6,13,15H,1,7-12H2,(H,24,29). The zero-order valence-corrected chi connectivity index (χ0v) is 15.7. The van der Waals surface area contributed by atoms with E-state index < -0.39 is 18.1 Å². The average Bonchev–Trinajstić information content (AvgIpc) is 3.08. The molecule has 0 bridgehead atoms. The van der Waals surface area contributed by atoms with Crippen LogP contribution in [0.5, 0.6) is 0 Å². The molecule has 3 amide bonds. The van der Waals surface area contributed by atoms with Gasteiger partial charge in [0.1, 0.15) is 0 Å². The Hall–Kier alpha value is -2.84. The van der Waals surface area contributed by atoms with E-state index in [9.17, 15) is 27.6 Å². The average molecular weight is 409 g/mol. The van der Waals surface area contributed by atoms with Crippen molar-refractivity contribution in [2.45, 2.75) is 31.5 Å². The lowest BCUT2D eigenvalue weighted by Gasteiger charge is -2.35. The van der Waals surface area contributed by atoms with Crippen LogP contribution in [0.25, 0.3) is 0 Å². The summed E-state index contributed by atoms with van der Waals surface area (Å²) < 4.78 is 37.6. The predicted molar refractivity (Wildman–Crippen MR) is 100.0 cm³/mol. The predicted octanol–water partition coefficient (Wildman–Crippen LogP) is 2.05. The van der Waals surface area contributed by atoms with Crippen LogP contribution in [0.15, 0.2) is 36.9 Å². The number of anilines is 1. The second kappa shape index (κ2) is 8.26. The minimum Gasteiger partial charge on any atom is -0.346 e. The number of halogens is 3. The minimum atomic E-state index is -4.97. The first-order valence-electron chi connectivity index (χ1n) is 9.39. The lowest BCUT2D eigenvalue weighted by Crippen LogP contribution is -2.51. The molecule has 2 aliphatic rings. The molecule has 1 atom stereocenters. The minimum absolute atomic E-state index is 0.185. The summed E-state index contributed by atoms with van der Waals surface area (Å²) in [6, 6.07) is 6.57. The molecule has 0 spiro atoms. The van der Waals surface area contributed by atoms with Gasteiger partial charge in [-0.15, -0.1) is 0 Å². The lowest BCUT2D eigenvalue weighted by molar-refractivity contribution is -0.173. The number of fused-ring (bicyclic) bond motifs is 1. The van der Waals surface area contributed by atoms with E-state index in [1.807, 2.05) is 11.4 Å². The van der Waals surface area contributed by atoms with Crippen LogP contribution in [-0.4, -0.2) is 54.5 Å². The van der Waals surface area contributed by atoms with Gasteiger partial charge in [0, 0.05) is 31.2 Å². The van der Waals surface area contributed by atoms with Crippen molar-refractivity contribution in [1.82, 2.24) is 10.2 Å². The fourth-order valence-electron chi connectivity index (χ4n) is 3.91. The van der Waals surface area contributed by atoms with Gasteiger partial charge < -0.3 is 15.1 Å². The molecule has 3 rings (SSSR count). The Morgan fingerprint density at radius 3 is 2.45 bits per heavy atom. The second-order valence-corrected chi connectivity index (χ2v) is 7.21. The first-order valence-corrected chi connectivity index (χ1v) is 9.39. The largest absolute Gasteiger partial charge is 0.471 e. The zero-order chi connectivity index (χ0) is 21.2. The molecular formula is C20H22F3N3O3. The summed E-state index contributed by atoms with van der Waals surface area (Å²) >= 11 is 0. The molecule has 1 aromatic rings. The topological polar surface area (TPSA) is 69.7 Å². The number of alkyl halides is 3. The smallest absolute Gasteiger partial charge is 0.346 e. The number of nitrogens with one attached hydrogen (secondary N) is 1. The lowest BCUT2D eigenvalue weighted by atomic mass is 9.94. The van der Waals surface area contributed by atoms with Crippen molar-refractivity contribution >= 4 is 23.4 Å². The maximum absolute atomic E-state index is 13.2. The number of hydrogen-bond donors (Lipinski definition) is 1. The molecule has 1 fully saturated rings. The second-order valence-electron chi connectivity index (χ2n) is 7.21. The number of para-hydroxylation sites is 1. The van der Waals surface area contributed by atoms with Crippen molar-refractivity contribution in [2.24, 2.45) is 5.92 Å². The van der Waals surface area contributed by atoms with Crippen molar-refractivity contribution in [3.8, 4) is 0 Å². The highest BCUT2D eigenvalue weighted by Gasteiger charge is 2.41. The number of nitrogens with zero attached hydrogens (tertiary/aromatic N) is 2. The van der Waals surface area contributed by atoms with Gasteiger partial charge in [0.05, 0.1) is 6.04 Å². The van der Waals surface area contributed by atoms with Gasteiger partial charge in [-0.2, -0.15) is 13.2 Å². The van der Waals surface area contributed by atoms with E-state index >= 15 is 0 Å². The summed E-state index contributed by atoms with van der Waals surface area (Å²) in [5.41, 5.74) is 1.51. The van der Waals surface area contributed by atoms with Crippen molar-refractivity contribution in [3.05, 3.63) is 42.5 Å². The van der Waals surface area contributed by atoms with E-state index in [1.165, 1.54) is 11.0 Å². The molecule has 2 aliphatic heterocycles. The summed E-state index contributed by atoms with van der Waals surface area (Å²) in [4.78, 5) is 39.3. The normalized spacial score (nSPS) is 19.6. The number of piperidine rings is 1. The van der Waals surface area contributed by atoms with Gasteiger partial charge >= 0.3 is 12.1 Å². The highest BCUT2D eigenvalue weighted by Crippen LogP contribution is 2.34. The Morgan fingerprint density at radius 2 is 1.83 bits per heavy atom. The fraction of sp³-hybridized carbons (Fsp3) is 0.450. The van der Waals surface area contributed by atoms with E-state index in [0.29, 0.717) is 38.0 Å². The van der Waals surface area contributed by atoms with Gasteiger partial charge in [-0.05, 0) is 37.0 Å². The van der Waals surface area contributed by atoms with E-state index in [4.69, 9.17) is 0 Å². The van der Waals surface area contributed by atoms with E-state index in [2.05, 4.69) is 6.58 Å². The number of carbonyl (C=O) groups is 3. The Labute approximate surface area is 166 Å². The Morgan fingerprint density at radius 1 is 1.17 bits per heavy atom. The molecule has 156 valence electrons.